The van der Waals surface area contributed by atoms with Gasteiger partial charge in [-0.3, -0.25) is 32.9 Å². The molecular formula is C45H66N7O19P3S-4. The second kappa shape index (κ2) is 23.3. The Morgan fingerprint density at radius 2 is 1.72 bits per heavy atom. The number of imidazole rings is 1. The summed E-state index contributed by atoms with van der Waals surface area (Å²) in [5.41, 5.74) is 5.23. The zero-order valence-corrected chi connectivity index (χ0v) is 45.7. The molecule has 75 heavy (non-hydrogen) atoms. The molecule has 15 atom stereocenters. The normalized spacial score (nSPS) is 32.3. The molecule has 1 saturated heterocycles. The minimum Gasteiger partial charge on any atom is -0.790 e. The number of aromatic nitrogens is 4. The van der Waals surface area contributed by atoms with E-state index in [2.05, 4.69) is 64.2 Å². The van der Waals surface area contributed by atoms with Crippen molar-refractivity contribution in [1.29, 1.82) is 0 Å². The number of fused-ring (bicyclic) bond motifs is 6. The van der Waals surface area contributed by atoms with Crippen LogP contribution < -0.4 is 35.9 Å². The van der Waals surface area contributed by atoms with Crippen molar-refractivity contribution >= 4 is 74.9 Å². The van der Waals surface area contributed by atoms with Crippen LogP contribution in [0.4, 0.5) is 5.82 Å². The fourth-order valence-electron chi connectivity index (χ4n) is 12.4. The molecule has 4 fully saturated rings. The van der Waals surface area contributed by atoms with Gasteiger partial charge in [-0.1, -0.05) is 52.0 Å². The Kier molecular flexibility index (Phi) is 18.5. The molecule has 0 aromatic carbocycles. The third kappa shape index (κ3) is 13.7. The van der Waals surface area contributed by atoms with Crippen LogP contribution in [-0.2, 0) is 55.5 Å². The third-order valence-corrected chi connectivity index (χ3v) is 20.2. The Morgan fingerprint density at radius 3 is 2.44 bits per heavy atom. The summed E-state index contributed by atoms with van der Waals surface area (Å²) in [7, 11) is -17.7. The lowest BCUT2D eigenvalue weighted by Gasteiger charge is -2.59. The van der Waals surface area contributed by atoms with Crippen molar-refractivity contribution in [2.45, 2.75) is 136 Å². The number of anilines is 1. The van der Waals surface area contributed by atoms with Crippen LogP contribution in [0.1, 0.15) is 105 Å². The van der Waals surface area contributed by atoms with Gasteiger partial charge in [-0.25, -0.2) is 19.3 Å². The van der Waals surface area contributed by atoms with E-state index in [1.165, 1.54) is 13.8 Å². The molecule has 3 heterocycles. The third-order valence-electron chi connectivity index (χ3n) is 16.3. The van der Waals surface area contributed by atoms with Crippen molar-refractivity contribution in [3.8, 4) is 0 Å². The van der Waals surface area contributed by atoms with Crippen LogP contribution in [0.2, 0.25) is 0 Å². The fourth-order valence-corrected chi connectivity index (χ4v) is 15.8. The lowest BCUT2D eigenvalue weighted by Crippen LogP contribution is -2.55. The summed E-state index contributed by atoms with van der Waals surface area (Å²) in [5.74, 6) is 0.634. The van der Waals surface area contributed by atoms with E-state index in [1.54, 1.807) is 6.08 Å². The number of phosphoric acid groups is 3. The van der Waals surface area contributed by atoms with Gasteiger partial charge < -0.3 is 74.1 Å². The molecule has 420 valence electrons. The first-order valence-corrected chi connectivity index (χ1v) is 30.2. The highest BCUT2D eigenvalue weighted by Gasteiger charge is 2.62. The molecular weight excluding hydrogens is 1070 g/mol. The van der Waals surface area contributed by atoms with E-state index in [4.69, 9.17) is 10.5 Å². The van der Waals surface area contributed by atoms with Gasteiger partial charge in [0.25, 0.3) is 15.6 Å². The summed E-state index contributed by atoms with van der Waals surface area (Å²) in [5, 5.41) is 38.1. The van der Waals surface area contributed by atoms with Crippen LogP contribution in [0.3, 0.4) is 0 Å². The van der Waals surface area contributed by atoms with Gasteiger partial charge in [-0.15, -0.1) is 0 Å². The predicted molar refractivity (Wildman–Crippen MR) is 258 cm³/mol. The molecule has 7 rings (SSSR count). The molecule has 7 N–H and O–H groups in total. The van der Waals surface area contributed by atoms with Crippen molar-refractivity contribution < 1.29 is 90.4 Å². The predicted octanol–water partition coefficient (Wildman–Crippen LogP) is 0.672. The fraction of sp³-hybridized carbons (Fsp3) is 0.756. The van der Waals surface area contributed by atoms with Crippen molar-refractivity contribution in [2.75, 3.05) is 37.8 Å². The number of aliphatic hydroxyl groups excluding tert-OH is 3. The van der Waals surface area contributed by atoms with Crippen LogP contribution in [0.5, 0.6) is 0 Å². The van der Waals surface area contributed by atoms with Gasteiger partial charge in [0.1, 0.15) is 36.3 Å². The average Bonchev–Trinajstić information content (AvgIpc) is 4.01. The van der Waals surface area contributed by atoms with Crippen molar-refractivity contribution in [2.24, 2.45) is 45.8 Å². The zero-order chi connectivity index (χ0) is 55.1. The first kappa shape index (κ1) is 59.6. The highest BCUT2D eigenvalue weighted by molar-refractivity contribution is 8.13. The summed E-state index contributed by atoms with van der Waals surface area (Å²) < 4.78 is 61.1. The number of carbonyl (C=O) groups excluding carboxylic acids is 4. The van der Waals surface area contributed by atoms with Crippen LogP contribution in [0.25, 0.3) is 11.2 Å². The number of rotatable bonds is 23. The monoisotopic (exact) mass is 1130 g/mol. The highest BCUT2D eigenvalue weighted by atomic mass is 32.2. The molecule has 0 radical (unpaired) electrons. The summed E-state index contributed by atoms with van der Waals surface area (Å²) in [6.07, 6.45) is 1.00. The number of carbonyl (C=O) groups is 4. The van der Waals surface area contributed by atoms with Gasteiger partial charge >= 0.3 is 0 Å². The summed E-state index contributed by atoms with van der Waals surface area (Å²) in [4.78, 5) is 110. The molecule has 5 aliphatic rings. The number of nitrogen functional groups attached to an aromatic ring is 1. The van der Waals surface area contributed by atoms with E-state index in [-0.39, 0.29) is 64.1 Å². The smallest absolute Gasteiger partial charge is 0.274 e. The van der Waals surface area contributed by atoms with E-state index in [1.807, 2.05) is 0 Å². The number of nitrogens with zero attached hydrogens (tertiary/aromatic N) is 4. The van der Waals surface area contributed by atoms with Crippen molar-refractivity contribution in [3.05, 3.63) is 24.3 Å². The topological polar surface area (TPSA) is 412 Å². The number of thioether (sulfide) groups is 1. The van der Waals surface area contributed by atoms with E-state index in [0.717, 1.165) is 73.1 Å². The summed E-state index contributed by atoms with van der Waals surface area (Å²) in [6.45, 7) is 6.98. The van der Waals surface area contributed by atoms with Crippen molar-refractivity contribution in [3.63, 3.8) is 0 Å². The first-order valence-electron chi connectivity index (χ1n) is 24.8. The quantitative estimate of drug-likeness (QED) is 0.0658. The van der Waals surface area contributed by atoms with E-state index in [0.29, 0.717) is 48.7 Å². The lowest BCUT2D eigenvalue weighted by molar-refractivity contribution is -0.347. The highest BCUT2D eigenvalue weighted by Crippen LogP contribution is 2.68. The van der Waals surface area contributed by atoms with E-state index >= 15 is 0 Å². The Bertz CT molecular complexity index is 2640. The SMILES string of the molecule is C[C@H](CCC(=O)SCCNC(=O)CCNC(=O)[C@H](O)C(C)(C)COP(=O)([O-])OP(=O)([O-])OC[C@H]1O[C@@H](n2cnc3c(N)ncnc32)[C@H](O)[C@@H]1OP(=O)([O-])[O-])[C@H]1CC[C@H]2[C@@H]3[C@@H](O)CC4=CC(=O)CC[C@]4(C)[C@H]3CC[C@]12C. The minimum atomic E-state index is -5.94. The number of hydrogen-bond donors (Lipinski definition) is 6. The molecule has 0 spiro atoms. The lowest BCUT2D eigenvalue weighted by atomic mass is 9.45. The number of hydrogen-bond acceptors (Lipinski definition) is 24. The van der Waals surface area contributed by atoms with E-state index < -0.39 is 90.7 Å². The maximum Gasteiger partial charge on any atom is 0.274 e. The summed E-state index contributed by atoms with van der Waals surface area (Å²) in [6, 6.07) is 0. The number of ketones is 1. The maximum absolute atomic E-state index is 12.9. The largest absolute Gasteiger partial charge is 0.790 e. The van der Waals surface area contributed by atoms with Crippen LogP contribution >= 0.6 is 35.2 Å². The minimum absolute atomic E-state index is 0.0157. The van der Waals surface area contributed by atoms with Crippen LogP contribution in [0, 0.1) is 45.8 Å². The van der Waals surface area contributed by atoms with Crippen LogP contribution in [0.15, 0.2) is 24.3 Å². The molecule has 4 aliphatic carbocycles. The van der Waals surface area contributed by atoms with E-state index in [9.17, 15) is 67.8 Å². The van der Waals surface area contributed by atoms with Gasteiger partial charge in [0.2, 0.25) is 11.8 Å². The molecule has 2 unspecified atom stereocenters. The van der Waals surface area contributed by atoms with Crippen molar-refractivity contribution in [1.82, 2.24) is 30.2 Å². The number of phosphoric ester groups is 3. The Labute approximate surface area is 437 Å². The number of ether oxygens (including phenoxy) is 1. The van der Waals surface area contributed by atoms with Crippen LogP contribution in [-0.4, -0.2) is 120 Å². The standard InChI is InChI=1S/C45H70N7O19P3S/c1-24(27-7-8-28-34-29(11-14-45(27,28)5)44(4)13-10-26(53)18-25(44)19-30(34)54)6-9-33(56)75-17-16-47-32(55)12-15-48-41(59)38(58)43(2,3)21-68-74(65,66)71-73(63,64)67-20-31-37(70-72(60,61)62)36(57)42(69-31)52-23-51-35-39(46)49-22-50-40(35)52/h18,22-24,27-31,34,36-38,42,54,57-58H,6-17,19-21H2,1-5H3,(H,47,55)(H,48,59)(H,63,64)(H,65,66)(H2,46,49,50)(H2,60,61,62)/p-4/t24-,27-,28+,29+,30+,31-,34+,36-,37-,38+,42-,44+,45-/m1/s1. The number of nitrogens with one attached hydrogen (secondary N) is 2. The van der Waals surface area contributed by atoms with Gasteiger partial charge in [-0.05, 0) is 91.4 Å². The summed E-state index contributed by atoms with van der Waals surface area (Å²) >= 11 is 1.13. The number of nitrogens with two attached hydrogens (primary N) is 1. The molecule has 2 amide bonds. The average molecular weight is 1130 g/mol. The number of amides is 2. The molecule has 26 nitrogen and oxygen atoms in total. The first-order chi connectivity index (χ1) is 34.9. The maximum atomic E-state index is 12.9. The second-order valence-corrected chi connectivity index (χ2v) is 26.8. The van der Waals surface area contributed by atoms with Gasteiger partial charge in [-0.2, -0.15) is 0 Å². The molecule has 3 saturated carbocycles. The number of aliphatic hydroxyl groups is 3. The van der Waals surface area contributed by atoms with Gasteiger partial charge in [0.15, 0.2) is 28.6 Å². The Hall–Kier alpha value is -3.07. The molecule has 1 aliphatic heterocycles. The zero-order valence-electron chi connectivity index (χ0n) is 42.2. The van der Waals surface area contributed by atoms with Gasteiger partial charge in [0.05, 0.1) is 33.5 Å². The molecule has 0 bridgehead atoms. The Morgan fingerprint density at radius 1 is 1.00 bits per heavy atom. The van der Waals surface area contributed by atoms with Gasteiger partial charge in [0, 0.05) is 43.5 Å². The Balaban J connectivity index is 0.780. The second-order valence-electron chi connectivity index (χ2n) is 21.6. The molecule has 2 aromatic heterocycles. The molecule has 2 aromatic rings. The molecule has 30 heteroatoms.